The molecule has 0 radical (unpaired) electrons. The van der Waals surface area contributed by atoms with Crippen molar-refractivity contribution in [2.45, 2.75) is 38.0 Å². The first-order valence-corrected chi connectivity index (χ1v) is 7.71. The first-order chi connectivity index (χ1) is 11.2. The third kappa shape index (κ3) is 4.00. The summed E-state index contributed by atoms with van der Waals surface area (Å²) in [6.45, 7) is 0. The van der Waals surface area contributed by atoms with Crippen LogP contribution in [0, 0.1) is 0 Å². The number of hydrogen-bond donors (Lipinski definition) is 2. The zero-order valence-corrected chi connectivity index (χ0v) is 13.0. The smallest absolute Gasteiger partial charge is 0.226 e. The average Bonchev–Trinajstić information content (AvgIpc) is 3.29. The SMILES string of the molecule is COc1ccc(N)c(NC(=O)CCCc2nc(C3CC3)no2)c1. The zero-order valence-electron chi connectivity index (χ0n) is 13.0. The van der Waals surface area contributed by atoms with Gasteiger partial charge in [0.05, 0.1) is 18.5 Å². The Kier molecular flexibility index (Phi) is 4.45. The lowest BCUT2D eigenvalue weighted by molar-refractivity contribution is -0.116. The summed E-state index contributed by atoms with van der Waals surface area (Å²) in [5.41, 5.74) is 6.91. The highest BCUT2D eigenvalue weighted by Crippen LogP contribution is 2.38. The molecule has 0 bridgehead atoms. The predicted molar refractivity (Wildman–Crippen MR) is 85.2 cm³/mol. The van der Waals surface area contributed by atoms with E-state index in [0.717, 1.165) is 18.7 Å². The number of ether oxygens (including phenoxy) is 1. The van der Waals surface area contributed by atoms with Crippen LogP contribution in [-0.4, -0.2) is 23.2 Å². The molecule has 0 unspecified atom stereocenters. The molecule has 1 heterocycles. The maximum absolute atomic E-state index is 12.0. The molecule has 7 heteroatoms. The van der Waals surface area contributed by atoms with Gasteiger partial charge in [0.25, 0.3) is 0 Å². The fourth-order valence-corrected chi connectivity index (χ4v) is 2.26. The van der Waals surface area contributed by atoms with Crippen LogP contribution in [0.4, 0.5) is 11.4 Å². The molecule has 0 atom stereocenters. The number of carbonyl (C=O) groups is 1. The highest BCUT2D eigenvalue weighted by molar-refractivity contribution is 5.94. The zero-order chi connectivity index (χ0) is 16.2. The van der Waals surface area contributed by atoms with Gasteiger partial charge < -0.3 is 20.3 Å². The Morgan fingerprint density at radius 1 is 1.48 bits per heavy atom. The second-order valence-electron chi connectivity index (χ2n) is 5.68. The normalized spacial score (nSPS) is 13.8. The van der Waals surface area contributed by atoms with Crippen molar-refractivity contribution in [3.05, 3.63) is 29.9 Å². The maximum Gasteiger partial charge on any atom is 0.226 e. The summed E-state index contributed by atoms with van der Waals surface area (Å²) in [6.07, 6.45) is 3.88. The van der Waals surface area contributed by atoms with Gasteiger partial charge in [-0.25, -0.2) is 0 Å². The summed E-state index contributed by atoms with van der Waals surface area (Å²) in [4.78, 5) is 16.3. The second-order valence-corrected chi connectivity index (χ2v) is 5.68. The Labute approximate surface area is 134 Å². The third-order valence-electron chi connectivity index (χ3n) is 3.76. The number of nitrogens with two attached hydrogens (primary N) is 1. The van der Waals surface area contributed by atoms with E-state index in [1.807, 2.05) is 0 Å². The van der Waals surface area contributed by atoms with Gasteiger partial charge in [-0.05, 0) is 31.4 Å². The molecule has 0 saturated heterocycles. The minimum atomic E-state index is -0.105. The van der Waals surface area contributed by atoms with Crippen molar-refractivity contribution in [3.63, 3.8) is 0 Å². The predicted octanol–water partition coefficient (Wildman–Crippen LogP) is 2.50. The number of carbonyl (C=O) groups excluding carboxylic acids is 1. The van der Waals surface area contributed by atoms with Gasteiger partial charge in [-0.3, -0.25) is 4.79 Å². The number of anilines is 2. The number of rotatable bonds is 7. The van der Waals surface area contributed by atoms with Gasteiger partial charge in [0.1, 0.15) is 5.75 Å². The van der Waals surface area contributed by atoms with Crippen molar-refractivity contribution in [1.29, 1.82) is 0 Å². The molecular weight excluding hydrogens is 296 g/mol. The standard InChI is InChI=1S/C16H20N4O3/c1-22-11-7-8-12(17)13(9-11)18-14(21)3-2-4-15-19-16(20-23-15)10-5-6-10/h7-10H,2-6,17H2,1H3,(H,18,21). The van der Waals surface area contributed by atoms with E-state index in [2.05, 4.69) is 15.5 Å². The molecule has 2 aromatic rings. The molecule has 3 rings (SSSR count). The summed E-state index contributed by atoms with van der Waals surface area (Å²) in [5, 5.41) is 6.75. The molecule has 3 N–H and O–H groups in total. The number of amides is 1. The molecule has 1 amide bonds. The lowest BCUT2D eigenvalue weighted by Gasteiger charge is -2.09. The van der Waals surface area contributed by atoms with E-state index in [9.17, 15) is 4.79 Å². The van der Waals surface area contributed by atoms with Crippen molar-refractivity contribution in [2.24, 2.45) is 0 Å². The molecule has 7 nitrogen and oxygen atoms in total. The number of methoxy groups -OCH3 is 1. The van der Waals surface area contributed by atoms with Crippen LogP contribution in [0.15, 0.2) is 22.7 Å². The van der Waals surface area contributed by atoms with Crippen molar-refractivity contribution in [3.8, 4) is 5.75 Å². The molecular formula is C16H20N4O3. The molecule has 0 aliphatic heterocycles. The molecule has 1 aliphatic carbocycles. The van der Waals surface area contributed by atoms with Gasteiger partial charge in [0, 0.05) is 24.8 Å². The van der Waals surface area contributed by atoms with Crippen molar-refractivity contribution < 1.29 is 14.1 Å². The third-order valence-corrected chi connectivity index (χ3v) is 3.76. The monoisotopic (exact) mass is 316 g/mol. The number of nitrogen functional groups attached to an aromatic ring is 1. The molecule has 23 heavy (non-hydrogen) atoms. The molecule has 0 spiro atoms. The van der Waals surface area contributed by atoms with E-state index in [-0.39, 0.29) is 5.91 Å². The Bertz CT molecular complexity index is 694. The van der Waals surface area contributed by atoms with Crippen LogP contribution in [0.25, 0.3) is 0 Å². The average molecular weight is 316 g/mol. The molecule has 1 aromatic heterocycles. The number of aromatic nitrogens is 2. The van der Waals surface area contributed by atoms with E-state index in [1.165, 1.54) is 0 Å². The number of hydrogen-bond acceptors (Lipinski definition) is 6. The van der Waals surface area contributed by atoms with Gasteiger partial charge in [-0.1, -0.05) is 5.16 Å². The van der Waals surface area contributed by atoms with Crippen LogP contribution < -0.4 is 15.8 Å². The molecule has 1 fully saturated rings. The summed E-state index contributed by atoms with van der Waals surface area (Å²) >= 11 is 0. The first kappa shape index (κ1) is 15.3. The Balaban J connectivity index is 1.47. The largest absolute Gasteiger partial charge is 0.497 e. The van der Waals surface area contributed by atoms with Crippen molar-refractivity contribution in [2.75, 3.05) is 18.2 Å². The second kappa shape index (κ2) is 6.68. The first-order valence-electron chi connectivity index (χ1n) is 7.71. The van der Waals surface area contributed by atoms with Gasteiger partial charge in [0.15, 0.2) is 5.82 Å². The summed E-state index contributed by atoms with van der Waals surface area (Å²) in [5.74, 6) is 2.42. The van der Waals surface area contributed by atoms with Gasteiger partial charge >= 0.3 is 0 Å². The van der Waals surface area contributed by atoms with E-state index in [0.29, 0.717) is 48.2 Å². The van der Waals surface area contributed by atoms with Gasteiger partial charge in [0.2, 0.25) is 11.8 Å². The van der Waals surface area contributed by atoms with E-state index in [4.69, 9.17) is 15.0 Å². The lowest BCUT2D eigenvalue weighted by atomic mass is 10.2. The number of nitrogens with zero attached hydrogens (tertiary/aromatic N) is 2. The van der Waals surface area contributed by atoms with E-state index >= 15 is 0 Å². The molecule has 1 aromatic carbocycles. The number of nitrogens with one attached hydrogen (secondary N) is 1. The van der Waals surface area contributed by atoms with E-state index < -0.39 is 0 Å². The molecule has 1 saturated carbocycles. The fourth-order valence-electron chi connectivity index (χ4n) is 2.26. The Morgan fingerprint density at radius 2 is 2.30 bits per heavy atom. The van der Waals surface area contributed by atoms with Crippen molar-refractivity contribution >= 4 is 17.3 Å². The minimum Gasteiger partial charge on any atom is -0.497 e. The summed E-state index contributed by atoms with van der Waals surface area (Å²) in [7, 11) is 1.57. The Morgan fingerprint density at radius 3 is 3.04 bits per heavy atom. The Hall–Kier alpha value is -2.57. The van der Waals surface area contributed by atoms with E-state index in [1.54, 1.807) is 25.3 Å². The van der Waals surface area contributed by atoms with Crippen LogP contribution in [0.5, 0.6) is 5.75 Å². The van der Waals surface area contributed by atoms with Crippen molar-refractivity contribution in [1.82, 2.24) is 10.1 Å². The fraction of sp³-hybridized carbons (Fsp3) is 0.438. The van der Waals surface area contributed by atoms with Crippen LogP contribution in [0.3, 0.4) is 0 Å². The molecule has 122 valence electrons. The van der Waals surface area contributed by atoms with Gasteiger partial charge in [-0.15, -0.1) is 0 Å². The summed E-state index contributed by atoms with van der Waals surface area (Å²) < 4.78 is 10.3. The van der Waals surface area contributed by atoms with Crippen LogP contribution in [0.2, 0.25) is 0 Å². The van der Waals surface area contributed by atoms with Crippen LogP contribution in [-0.2, 0) is 11.2 Å². The van der Waals surface area contributed by atoms with Crippen LogP contribution >= 0.6 is 0 Å². The molecule has 1 aliphatic rings. The maximum atomic E-state index is 12.0. The number of aryl methyl sites for hydroxylation is 1. The van der Waals surface area contributed by atoms with Gasteiger partial charge in [-0.2, -0.15) is 4.98 Å². The topological polar surface area (TPSA) is 103 Å². The lowest BCUT2D eigenvalue weighted by Crippen LogP contribution is -2.13. The highest BCUT2D eigenvalue weighted by atomic mass is 16.5. The van der Waals surface area contributed by atoms with Crippen LogP contribution in [0.1, 0.15) is 43.3 Å². The minimum absolute atomic E-state index is 0.105. The highest BCUT2D eigenvalue weighted by Gasteiger charge is 2.28. The number of benzene rings is 1. The summed E-state index contributed by atoms with van der Waals surface area (Å²) in [6, 6.07) is 5.15. The quantitative estimate of drug-likeness (QED) is 0.761.